The predicted molar refractivity (Wildman–Crippen MR) is 67.6 cm³/mol. The molecule has 19 heavy (non-hydrogen) atoms. The number of carbonyl (C=O) groups is 1. The van der Waals surface area contributed by atoms with Crippen LogP contribution in [0.4, 0.5) is 4.39 Å². The minimum absolute atomic E-state index is 0.0206. The molecule has 0 fully saturated rings. The third-order valence-corrected chi connectivity index (χ3v) is 2.55. The summed E-state index contributed by atoms with van der Waals surface area (Å²) >= 11 is 0. The van der Waals surface area contributed by atoms with Crippen molar-refractivity contribution in [3.8, 4) is 17.6 Å². The minimum Gasteiger partial charge on any atom is -0.454 e. The molecule has 0 bridgehead atoms. The molecule has 0 aliphatic heterocycles. The molecule has 0 atom stereocenters. The van der Waals surface area contributed by atoms with E-state index in [1.54, 1.807) is 24.3 Å². The van der Waals surface area contributed by atoms with Gasteiger partial charge in [-0.05, 0) is 37.3 Å². The van der Waals surface area contributed by atoms with Crippen molar-refractivity contribution < 1.29 is 13.9 Å². The summed E-state index contributed by atoms with van der Waals surface area (Å²) in [6, 6.07) is 12.4. The molecule has 0 saturated carbocycles. The van der Waals surface area contributed by atoms with Gasteiger partial charge in [-0.2, -0.15) is 5.26 Å². The van der Waals surface area contributed by atoms with Crippen LogP contribution >= 0.6 is 0 Å². The van der Waals surface area contributed by atoms with E-state index in [1.165, 1.54) is 19.1 Å². The smallest absolute Gasteiger partial charge is 0.167 e. The molecular formula is C15H10FNO2. The number of nitriles is 1. The first kappa shape index (κ1) is 12.8. The third-order valence-electron chi connectivity index (χ3n) is 2.55. The van der Waals surface area contributed by atoms with Gasteiger partial charge in [0, 0.05) is 0 Å². The fraction of sp³-hybridized carbons (Fsp3) is 0.0667. The lowest BCUT2D eigenvalue weighted by atomic mass is 10.1. The Morgan fingerprint density at radius 1 is 1.21 bits per heavy atom. The Hall–Kier alpha value is -2.67. The van der Waals surface area contributed by atoms with Gasteiger partial charge in [-0.1, -0.05) is 12.1 Å². The van der Waals surface area contributed by atoms with Gasteiger partial charge in [0.1, 0.15) is 5.75 Å². The largest absolute Gasteiger partial charge is 0.454 e. The van der Waals surface area contributed by atoms with E-state index in [9.17, 15) is 9.18 Å². The molecule has 0 N–H and O–H groups in total. The maximum Gasteiger partial charge on any atom is 0.167 e. The first-order valence-electron chi connectivity index (χ1n) is 5.59. The van der Waals surface area contributed by atoms with Gasteiger partial charge >= 0.3 is 0 Å². The number of benzene rings is 2. The lowest BCUT2D eigenvalue weighted by molar-refractivity contribution is 0.101. The molecule has 0 aliphatic rings. The zero-order valence-corrected chi connectivity index (χ0v) is 10.2. The number of hydrogen-bond acceptors (Lipinski definition) is 3. The van der Waals surface area contributed by atoms with E-state index in [2.05, 4.69) is 0 Å². The summed E-state index contributed by atoms with van der Waals surface area (Å²) in [5, 5.41) is 8.66. The third kappa shape index (κ3) is 2.78. The standard InChI is InChI=1S/C15H10FNO2/c1-10(18)12-4-2-3-5-14(12)19-15-7-6-11(9-17)8-13(15)16/h2-8H,1H3. The average molecular weight is 255 g/mol. The predicted octanol–water partition coefficient (Wildman–Crippen LogP) is 3.69. The van der Waals surface area contributed by atoms with Crippen LogP contribution < -0.4 is 4.74 Å². The second kappa shape index (κ2) is 5.32. The van der Waals surface area contributed by atoms with Crippen LogP contribution in [0.3, 0.4) is 0 Å². The van der Waals surface area contributed by atoms with Gasteiger partial charge in [-0.25, -0.2) is 4.39 Å². The van der Waals surface area contributed by atoms with E-state index in [1.807, 2.05) is 6.07 Å². The van der Waals surface area contributed by atoms with Crippen molar-refractivity contribution in [1.29, 1.82) is 5.26 Å². The molecule has 0 saturated heterocycles. The summed E-state index contributed by atoms with van der Waals surface area (Å²) in [7, 11) is 0. The van der Waals surface area contributed by atoms with Crippen molar-refractivity contribution in [3.63, 3.8) is 0 Å². The van der Waals surface area contributed by atoms with Crippen LogP contribution in [0.2, 0.25) is 0 Å². The van der Waals surface area contributed by atoms with Gasteiger partial charge in [0.15, 0.2) is 17.3 Å². The van der Waals surface area contributed by atoms with Gasteiger partial charge in [-0.3, -0.25) is 4.79 Å². The Balaban J connectivity index is 2.37. The summed E-state index contributed by atoms with van der Waals surface area (Å²) < 4.78 is 19.1. The Labute approximate surface area is 109 Å². The number of ketones is 1. The van der Waals surface area contributed by atoms with Gasteiger partial charge in [-0.15, -0.1) is 0 Å². The van der Waals surface area contributed by atoms with Crippen LogP contribution in [0.5, 0.6) is 11.5 Å². The Morgan fingerprint density at radius 3 is 2.58 bits per heavy atom. The lowest BCUT2D eigenvalue weighted by Gasteiger charge is -2.09. The first-order chi connectivity index (χ1) is 9.11. The molecule has 94 valence electrons. The van der Waals surface area contributed by atoms with Crippen molar-refractivity contribution in [2.75, 3.05) is 0 Å². The van der Waals surface area contributed by atoms with Crippen molar-refractivity contribution in [2.24, 2.45) is 0 Å². The molecule has 0 unspecified atom stereocenters. The SMILES string of the molecule is CC(=O)c1ccccc1Oc1ccc(C#N)cc1F. The second-order valence-corrected chi connectivity index (χ2v) is 3.91. The maximum atomic E-state index is 13.7. The maximum absolute atomic E-state index is 13.7. The molecule has 2 aromatic carbocycles. The number of hydrogen-bond donors (Lipinski definition) is 0. The fourth-order valence-electron chi connectivity index (χ4n) is 1.62. The van der Waals surface area contributed by atoms with Crippen LogP contribution in [0.1, 0.15) is 22.8 Å². The molecule has 0 heterocycles. The molecule has 0 amide bonds. The summed E-state index contributed by atoms with van der Waals surface area (Å²) in [5.74, 6) is -0.534. The fourth-order valence-corrected chi connectivity index (χ4v) is 1.62. The van der Waals surface area contributed by atoms with Gasteiger partial charge in [0.2, 0.25) is 0 Å². The summed E-state index contributed by atoms with van der Waals surface area (Å²) in [6.45, 7) is 1.41. The number of ether oxygens (including phenoxy) is 1. The second-order valence-electron chi connectivity index (χ2n) is 3.91. The van der Waals surface area contributed by atoms with Crippen LogP contribution in [0, 0.1) is 17.1 Å². The molecule has 3 nitrogen and oxygen atoms in total. The highest BCUT2D eigenvalue weighted by Gasteiger charge is 2.11. The zero-order valence-electron chi connectivity index (χ0n) is 10.2. The van der Waals surface area contributed by atoms with Crippen molar-refractivity contribution >= 4 is 5.78 Å². The van der Waals surface area contributed by atoms with Crippen LogP contribution in [0.25, 0.3) is 0 Å². The van der Waals surface area contributed by atoms with Crippen LogP contribution in [-0.2, 0) is 0 Å². The Kier molecular flexibility index (Phi) is 3.58. The first-order valence-corrected chi connectivity index (χ1v) is 5.59. The van der Waals surface area contributed by atoms with Gasteiger partial charge in [0.05, 0.1) is 17.2 Å². The Bertz CT molecular complexity index is 674. The van der Waals surface area contributed by atoms with E-state index in [-0.39, 0.29) is 17.1 Å². The Morgan fingerprint density at radius 2 is 1.95 bits per heavy atom. The summed E-state index contributed by atoms with van der Waals surface area (Å²) in [5.41, 5.74) is 0.593. The highest BCUT2D eigenvalue weighted by Crippen LogP contribution is 2.28. The normalized spacial score (nSPS) is 9.74. The van der Waals surface area contributed by atoms with Crippen LogP contribution in [0.15, 0.2) is 42.5 Å². The van der Waals surface area contributed by atoms with E-state index in [4.69, 9.17) is 10.00 Å². The molecule has 0 aliphatic carbocycles. The quantitative estimate of drug-likeness (QED) is 0.786. The van der Waals surface area contributed by atoms with E-state index in [0.29, 0.717) is 11.3 Å². The molecule has 2 aromatic rings. The topological polar surface area (TPSA) is 50.1 Å². The molecule has 4 heteroatoms. The number of rotatable bonds is 3. The number of nitrogens with zero attached hydrogens (tertiary/aromatic N) is 1. The number of Topliss-reactive ketones (excluding diaryl/α,β-unsaturated/α-hetero) is 1. The van der Waals surface area contributed by atoms with Crippen LogP contribution in [-0.4, -0.2) is 5.78 Å². The van der Waals surface area contributed by atoms with Gasteiger partial charge < -0.3 is 4.74 Å². The lowest BCUT2D eigenvalue weighted by Crippen LogP contribution is -1.97. The average Bonchev–Trinajstić information content (AvgIpc) is 2.41. The molecule has 0 aromatic heterocycles. The van der Waals surface area contributed by atoms with Crippen molar-refractivity contribution in [1.82, 2.24) is 0 Å². The molecular weight excluding hydrogens is 245 g/mol. The number of halogens is 1. The minimum atomic E-state index is -0.641. The highest BCUT2D eigenvalue weighted by molar-refractivity contribution is 5.96. The van der Waals surface area contributed by atoms with Crippen molar-refractivity contribution in [3.05, 3.63) is 59.4 Å². The van der Waals surface area contributed by atoms with E-state index in [0.717, 1.165) is 6.07 Å². The number of para-hydroxylation sites is 1. The summed E-state index contributed by atoms with van der Waals surface area (Å²) in [4.78, 5) is 11.4. The van der Waals surface area contributed by atoms with E-state index >= 15 is 0 Å². The molecule has 2 rings (SSSR count). The van der Waals surface area contributed by atoms with Gasteiger partial charge in [0.25, 0.3) is 0 Å². The zero-order chi connectivity index (χ0) is 13.8. The van der Waals surface area contributed by atoms with E-state index < -0.39 is 5.82 Å². The molecule has 0 radical (unpaired) electrons. The number of carbonyl (C=O) groups excluding carboxylic acids is 1. The summed E-state index contributed by atoms with van der Waals surface area (Å²) in [6.07, 6.45) is 0. The molecule has 0 spiro atoms. The highest BCUT2D eigenvalue weighted by atomic mass is 19.1. The monoisotopic (exact) mass is 255 g/mol. The van der Waals surface area contributed by atoms with Crippen molar-refractivity contribution in [2.45, 2.75) is 6.92 Å².